The van der Waals surface area contributed by atoms with Gasteiger partial charge in [0.05, 0.1) is 23.9 Å². The Balaban J connectivity index is 1.94. The molecule has 2 aromatic rings. The van der Waals surface area contributed by atoms with Gasteiger partial charge in [-0.15, -0.1) is 0 Å². The van der Waals surface area contributed by atoms with Gasteiger partial charge in [-0.3, -0.25) is 14.6 Å². The van der Waals surface area contributed by atoms with Crippen molar-refractivity contribution in [3.8, 4) is 0 Å². The summed E-state index contributed by atoms with van der Waals surface area (Å²) in [7, 11) is 1.68. The third-order valence-electron chi connectivity index (χ3n) is 4.97. The van der Waals surface area contributed by atoms with Crippen molar-refractivity contribution < 1.29 is 9.53 Å². The van der Waals surface area contributed by atoms with Crippen LogP contribution in [-0.4, -0.2) is 55.5 Å². The van der Waals surface area contributed by atoms with Gasteiger partial charge in [-0.2, -0.15) is 10.2 Å². The Bertz CT molecular complexity index is 707. The Kier molecular flexibility index (Phi) is 5.17. The second-order valence-corrected chi connectivity index (χ2v) is 6.52. The van der Waals surface area contributed by atoms with Gasteiger partial charge in [0.2, 0.25) is 0 Å². The Labute approximate surface area is 147 Å². The molecular weight excluding hydrogens is 320 g/mol. The molecule has 0 spiro atoms. The largest absolute Gasteiger partial charge is 0.380 e. The molecule has 1 saturated heterocycles. The average Bonchev–Trinajstić information content (AvgIpc) is 3.34. The number of amides is 1. The summed E-state index contributed by atoms with van der Waals surface area (Å²) < 4.78 is 7.39. The topological polar surface area (TPSA) is 88.9 Å². The quantitative estimate of drug-likeness (QED) is 0.867. The van der Waals surface area contributed by atoms with E-state index in [4.69, 9.17) is 4.74 Å². The molecule has 3 heterocycles. The molecule has 1 N–H and O–H groups in total. The van der Waals surface area contributed by atoms with Crippen LogP contribution in [0.3, 0.4) is 0 Å². The van der Waals surface area contributed by atoms with Gasteiger partial charge in [0.25, 0.3) is 5.91 Å². The predicted octanol–water partition coefficient (Wildman–Crippen LogP) is 2.27. The van der Waals surface area contributed by atoms with E-state index in [2.05, 4.69) is 34.1 Å². The van der Waals surface area contributed by atoms with E-state index < -0.39 is 0 Å². The minimum absolute atomic E-state index is 0.00957. The lowest BCUT2D eigenvalue weighted by atomic mass is 10.1. The molecule has 2 atom stereocenters. The minimum Gasteiger partial charge on any atom is -0.380 e. The van der Waals surface area contributed by atoms with Gasteiger partial charge >= 0.3 is 0 Å². The number of methoxy groups -OCH3 is 1. The van der Waals surface area contributed by atoms with E-state index in [0.717, 1.165) is 18.5 Å². The number of carbonyl (C=O) groups is 1. The maximum atomic E-state index is 13.3. The van der Waals surface area contributed by atoms with E-state index >= 15 is 0 Å². The molecule has 0 aliphatic carbocycles. The third-order valence-corrected chi connectivity index (χ3v) is 4.97. The monoisotopic (exact) mass is 346 g/mol. The molecule has 25 heavy (non-hydrogen) atoms. The number of aromatic amines is 1. The van der Waals surface area contributed by atoms with Crippen molar-refractivity contribution in [3.05, 3.63) is 29.6 Å². The van der Waals surface area contributed by atoms with Gasteiger partial charge in [-0.05, 0) is 25.8 Å². The van der Waals surface area contributed by atoms with Crippen LogP contribution in [0.4, 0.5) is 0 Å². The number of aryl methyl sites for hydroxylation is 1. The zero-order valence-corrected chi connectivity index (χ0v) is 15.3. The van der Waals surface area contributed by atoms with E-state index in [0.29, 0.717) is 24.5 Å². The molecular formula is C17H26N6O2. The number of likely N-dealkylation sites (tertiary alicyclic amines) is 1. The second kappa shape index (κ2) is 7.35. The fourth-order valence-corrected chi connectivity index (χ4v) is 3.56. The zero-order valence-electron chi connectivity index (χ0n) is 15.3. The van der Waals surface area contributed by atoms with Crippen LogP contribution in [0.2, 0.25) is 0 Å². The maximum absolute atomic E-state index is 13.3. The number of ether oxygens (including phenoxy) is 1. The van der Waals surface area contributed by atoms with Gasteiger partial charge in [-0.1, -0.05) is 13.8 Å². The Morgan fingerprint density at radius 2 is 2.20 bits per heavy atom. The van der Waals surface area contributed by atoms with Gasteiger partial charge in [-0.25, -0.2) is 4.98 Å². The molecule has 136 valence electrons. The van der Waals surface area contributed by atoms with Crippen LogP contribution in [-0.2, 0) is 4.74 Å². The second-order valence-electron chi connectivity index (χ2n) is 6.52. The average molecular weight is 346 g/mol. The summed E-state index contributed by atoms with van der Waals surface area (Å²) in [5.41, 5.74) is 1.49. The predicted molar refractivity (Wildman–Crippen MR) is 92.2 cm³/mol. The number of nitrogens with one attached hydrogen (secondary N) is 1. The van der Waals surface area contributed by atoms with Crippen molar-refractivity contribution in [1.82, 2.24) is 29.9 Å². The highest BCUT2D eigenvalue weighted by molar-refractivity contribution is 5.93. The van der Waals surface area contributed by atoms with E-state index in [1.165, 1.54) is 6.33 Å². The van der Waals surface area contributed by atoms with E-state index in [1.807, 2.05) is 22.6 Å². The summed E-state index contributed by atoms with van der Waals surface area (Å²) in [5.74, 6) is 0.659. The summed E-state index contributed by atoms with van der Waals surface area (Å²) in [6.45, 7) is 6.69. The van der Waals surface area contributed by atoms with Crippen molar-refractivity contribution in [2.45, 2.75) is 58.2 Å². The fourth-order valence-electron chi connectivity index (χ4n) is 3.56. The van der Waals surface area contributed by atoms with Crippen LogP contribution >= 0.6 is 0 Å². The first-order valence-corrected chi connectivity index (χ1v) is 8.84. The lowest BCUT2D eigenvalue weighted by Gasteiger charge is -2.24. The van der Waals surface area contributed by atoms with E-state index in [9.17, 15) is 4.79 Å². The Morgan fingerprint density at radius 3 is 2.80 bits per heavy atom. The van der Waals surface area contributed by atoms with Crippen LogP contribution in [0.25, 0.3) is 0 Å². The number of nitrogens with zero attached hydrogens (tertiary/aromatic N) is 5. The highest BCUT2D eigenvalue weighted by Gasteiger charge is 2.39. The first kappa shape index (κ1) is 17.6. The van der Waals surface area contributed by atoms with Gasteiger partial charge in [0.1, 0.15) is 17.8 Å². The van der Waals surface area contributed by atoms with E-state index in [1.54, 1.807) is 7.11 Å². The molecule has 0 radical (unpaired) electrons. The fraction of sp³-hybridized carbons (Fsp3) is 0.647. The van der Waals surface area contributed by atoms with E-state index in [-0.39, 0.29) is 24.1 Å². The number of rotatable bonds is 6. The smallest absolute Gasteiger partial charge is 0.272 e. The summed E-state index contributed by atoms with van der Waals surface area (Å²) in [4.78, 5) is 19.4. The molecule has 8 heteroatoms. The number of carbonyl (C=O) groups excluding carboxylic acids is 1. The van der Waals surface area contributed by atoms with Crippen LogP contribution in [0, 0.1) is 6.92 Å². The van der Waals surface area contributed by atoms with Crippen LogP contribution in [0.5, 0.6) is 0 Å². The van der Waals surface area contributed by atoms with Crippen molar-refractivity contribution in [3.63, 3.8) is 0 Å². The normalized spacial score (nSPS) is 20.6. The highest BCUT2D eigenvalue weighted by Crippen LogP contribution is 2.33. The molecule has 1 fully saturated rings. The highest BCUT2D eigenvalue weighted by atomic mass is 16.5. The molecule has 1 aliphatic heterocycles. The van der Waals surface area contributed by atoms with Crippen molar-refractivity contribution >= 4 is 5.91 Å². The molecule has 3 rings (SSSR count). The number of hydrogen-bond acceptors (Lipinski definition) is 5. The number of H-pyrrole nitrogens is 1. The summed E-state index contributed by atoms with van der Waals surface area (Å²) in [6, 6.07) is 1.93. The third kappa shape index (κ3) is 3.30. The number of aromatic nitrogens is 5. The van der Waals surface area contributed by atoms with Crippen LogP contribution in [0.1, 0.15) is 67.2 Å². The molecule has 1 amide bonds. The van der Waals surface area contributed by atoms with Crippen LogP contribution in [0.15, 0.2) is 12.4 Å². The van der Waals surface area contributed by atoms with Crippen molar-refractivity contribution in [2.75, 3.05) is 13.7 Å². The van der Waals surface area contributed by atoms with Crippen molar-refractivity contribution in [1.29, 1.82) is 0 Å². The molecule has 0 saturated carbocycles. The molecule has 0 aromatic carbocycles. The summed E-state index contributed by atoms with van der Waals surface area (Å²) in [6.07, 6.45) is 4.03. The SMILES string of the molecule is CCC(CC)n1nc(C)cc1C(=O)N1C[C@H](OC)C[C@H]1c1ncn[nH]1. The molecule has 0 unspecified atom stereocenters. The van der Waals surface area contributed by atoms with Gasteiger partial charge in [0.15, 0.2) is 0 Å². The van der Waals surface area contributed by atoms with Gasteiger partial charge < -0.3 is 9.64 Å². The Hall–Kier alpha value is -2.22. The lowest BCUT2D eigenvalue weighted by Crippen LogP contribution is -2.34. The molecule has 8 nitrogen and oxygen atoms in total. The van der Waals surface area contributed by atoms with Crippen molar-refractivity contribution in [2.24, 2.45) is 0 Å². The maximum Gasteiger partial charge on any atom is 0.272 e. The first-order valence-electron chi connectivity index (χ1n) is 8.84. The van der Waals surface area contributed by atoms with Gasteiger partial charge in [0, 0.05) is 20.1 Å². The standard InChI is InChI=1S/C17H26N6O2/c1-5-12(6-2)23-15(7-11(3)21-23)17(24)22-9-13(25-4)8-14(22)16-18-10-19-20-16/h7,10,12-14H,5-6,8-9H2,1-4H3,(H,18,19,20)/t13-,14+/m1/s1. The molecule has 1 aliphatic rings. The first-order chi connectivity index (χ1) is 12.1. The zero-order chi connectivity index (χ0) is 18.0. The lowest BCUT2D eigenvalue weighted by molar-refractivity contribution is 0.0669. The minimum atomic E-state index is -0.162. The molecule has 0 bridgehead atoms. The molecule has 2 aromatic heterocycles. The number of hydrogen-bond donors (Lipinski definition) is 1. The Morgan fingerprint density at radius 1 is 1.44 bits per heavy atom. The van der Waals surface area contributed by atoms with Crippen LogP contribution < -0.4 is 0 Å². The summed E-state index contributed by atoms with van der Waals surface area (Å²) >= 11 is 0. The summed E-state index contributed by atoms with van der Waals surface area (Å²) in [5, 5.41) is 11.4.